The van der Waals surface area contributed by atoms with Gasteiger partial charge < -0.3 is 4.42 Å². The predicted octanol–water partition coefficient (Wildman–Crippen LogP) is 4.64. The highest BCUT2D eigenvalue weighted by Crippen LogP contribution is 2.37. The number of para-hydroxylation sites is 1. The maximum atomic E-state index is 6.25. The van der Waals surface area contributed by atoms with Crippen molar-refractivity contribution in [2.45, 2.75) is 6.92 Å². The van der Waals surface area contributed by atoms with E-state index in [-0.39, 0.29) is 0 Å². The summed E-state index contributed by atoms with van der Waals surface area (Å²) < 4.78 is 10.6. The zero-order chi connectivity index (χ0) is 16.3. The average Bonchev–Trinajstić information content (AvgIpc) is 3.17. The zero-order valence-electron chi connectivity index (χ0n) is 13.7. The second-order valence-corrected chi connectivity index (χ2v) is 6.27. The minimum Gasteiger partial charge on any atom is -0.455 e. The Morgan fingerprint density at radius 3 is 2.67 bits per heavy atom. The molecule has 5 aromatic rings. The van der Waals surface area contributed by atoms with Crippen LogP contribution in [0.2, 0.25) is 0 Å². The molecular formula is C21H17N2O+. The molecule has 0 radical (unpaired) electrons. The van der Waals surface area contributed by atoms with Crippen molar-refractivity contribution in [2.24, 2.45) is 7.05 Å². The van der Waals surface area contributed by atoms with E-state index in [4.69, 9.17) is 4.42 Å². The van der Waals surface area contributed by atoms with E-state index in [0.29, 0.717) is 0 Å². The first-order valence-corrected chi connectivity index (χ1v) is 8.11. The molecular weight excluding hydrogens is 296 g/mol. The molecule has 24 heavy (non-hydrogen) atoms. The first kappa shape index (κ1) is 13.4. The summed E-state index contributed by atoms with van der Waals surface area (Å²) in [6.07, 6.45) is 2.06. The van der Waals surface area contributed by atoms with E-state index in [1.807, 2.05) is 12.1 Å². The molecule has 0 aliphatic rings. The summed E-state index contributed by atoms with van der Waals surface area (Å²) in [4.78, 5) is 0. The number of aromatic nitrogens is 2. The number of benzene rings is 2. The summed E-state index contributed by atoms with van der Waals surface area (Å²) in [6, 6.07) is 21.1. The van der Waals surface area contributed by atoms with Crippen LogP contribution in [0.3, 0.4) is 0 Å². The van der Waals surface area contributed by atoms with Gasteiger partial charge >= 0.3 is 0 Å². The molecule has 3 aromatic heterocycles. The first-order chi connectivity index (χ1) is 11.7. The topological polar surface area (TPSA) is 21.4 Å². The lowest BCUT2D eigenvalue weighted by Gasteiger charge is -2.06. The quantitative estimate of drug-likeness (QED) is 0.413. The molecule has 0 bridgehead atoms. The van der Waals surface area contributed by atoms with Gasteiger partial charge in [-0.25, -0.2) is 0 Å². The van der Waals surface area contributed by atoms with Crippen LogP contribution in [0, 0.1) is 6.92 Å². The van der Waals surface area contributed by atoms with Crippen LogP contribution in [0.25, 0.3) is 38.7 Å². The summed E-state index contributed by atoms with van der Waals surface area (Å²) in [7, 11) is 2.06. The van der Waals surface area contributed by atoms with Crippen LogP contribution in [0.15, 0.2) is 71.3 Å². The van der Waals surface area contributed by atoms with Crippen molar-refractivity contribution in [1.82, 2.24) is 4.52 Å². The van der Waals surface area contributed by atoms with Crippen LogP contribution in [0.4, 0.5) is 0 Å². The molecule has 0 saturated carbocycles. The molecule has 3 heterocycles. The number of nitrogens with zero attached hydrogens (tertiary/aromatic N) is 2. The standard InChI is InChI=1S/C21H17N2O/c1-14-9-11-17-16-7-3-4-8-19(16)24-21(17)20(14)18-12-10-15-6-5-13-22(2)23(15)18/h3-13H,1-2H3/q+1. The van der Waals surface area contributed by atoms with Crippen LogP contribution in [0.5, 0.6) is 0 Å². The van der Waals surface area contributed by atoms with Gasteiger partial charge in [0.15, 0.2) is 13.2 Å². The number of furan rings is 1. The molecule has 3 nitrogen and oxygen atoms in total. The fourth-order valence-corrected chi connectivity index (χ4v) is 3.65. The Morgan fingerprint density at radius 2 is 1.75 bits per heavy atom. The molecule has 3 heteroatoms. The molecule has 116 valence electrons. The molecule has 0 atom stereocenters. The first-order valence-electron chi connectivity index (χ1n) is 8.11. The highest BCUT2D eigenvalue weighted by Gasteiger charge is 2.19. The largest absolute Gasteiger partial charge is 0.455 e. The Morgan fingerprint density at radius 1 is 0.875 bits per heavy atom. The second-order valence-electron chi connectivity index (χ2n) is 6.27. The van der Waals surface area contributed by atoms with E-state index in [2.05, 4.69) is 77.9 Å². The number of fused-ring (bicyclic) bond motifs is 4. The van der Waals surface area contributed by atoms with Crippen LogP contribution in [-0.2, 0) is 7.05 Å². The SMILES string of the molecule is Cc1ccc2c(oc3ccccc32)c1-c1ccc2ccc[n+](C)n12. The zero-order valence-corrected chi connectivity index (χ0v) is 13.7. The van der Waals surface area contributed by atoms with Crippen LogP contribution in [-0.4, -0.2) is 4.52 Å². The number of aryl methyl sites for hydroxylation is 2. The van der Waals surface area contributed by atoms with Gasteiger partial charge in [0.1, 0.15) is 22.4 Å². The van der Waals surface area contributed by atoms with E-state index in [1.165, 1.54) is 21.9 Å². The molecule has 0 fully saturated rings. The third-order valence-electron chi connectivity index (χ3n) is 4.78. The molecule has 0 amide bonds. The summed E-state index contributed by atoms with van der Waals surface area (Å²) in [5, 5.41) is 2.33. The van der Waals surface area contributed by atoms with E-state index in [0.717, 1.165) is 22.4 Å². The summed E-state index contributed by atoms with van der Waals surface area (Å²) >= 11 is 0. The Kier molecular flexibility index (Phi) is 2.63. The van der Waals surface area contributed by atoms with Gasteiger partial charge in [-0.3, -0.25) is 0 Å². The lowest BCUT2D eigenvalue weighted by atomic mass is 10.0. The Balaban J connectivity index is 1.97. The van der Waals surface area contributed by atoms with Crippen molar-refractivity contribution in [1.29, 1.82) is 0 Å². The predicted molar refractivity (Wildman–Crippen MR) is 96.0 cm³/mol. The van der Waals surface area contributed by atoms with Crippen molar-refractivity contribution in [3.8, 4) is 11.3 Å². The summed E-state index contributed by atoms with van der Waals surface area (Å²) in [5.41, 5.74) is 6.58. The fourth-order valence-electron chi connectivity index (χ4n) is 3.65. The van der Waals surface area contributed by atoms with Gasteiger partial charge in [0.25, 0.3) is 0 Å². The monoisotopic (exact) mass is 313 g/mol. The number of hydrogen-bond acceptors (Lipinski definition) is 1. The number of hydrogen-bond donors (Lipinski definition) is 0. The van der Waals surface area contributed by atoms with Gasteiger partial charge in [0.2, 0.25) is 0 Å². The summed E-state index contributed by atoms with van der Waals surface area (Å²) in [6.45, 7) is 2.14. The highest BCUT2D eigenvalue weighted by molar-refractivity contribution is 6.10. The second kappa shape index (κ2) is 4.71. The third-order valence-corrected chi connectivity index (χ3v) is 4.78. The van der Waals surface area contributed by atoms with Gasteiger partial charge in [0, 0.05) is 16.8 Å². The van der Waals surface area contributed by atoms with Crippen molar-refractivity contribution in [3.05, 3.63) is 72.4 Å². The van der Waals surface area contributed by atoms with Crippen LogP contribution in [0.1, 0.15) is 5.56 Å². The summed E-state index contributed by atoms with van der Waals surface area (Å²) in [5.74, 6) is 0. The molecule has 0 aliphatic carbocycles. The van der Waals surface area contributed by atoms with Crippen molar-refractivity contribution in [3.63, 3.8) is 0 Å². The van der Waals surface area contributed by atoms with Gasteiger partial charge in [0.05, 0.1) is 5.56 Å². The van der Waals surface area contributed by atoms with Crippen molar-refractivity contribution in [2.75, 3.05) is 0 Å². The van der Waals surface area contributed by atoms with Crippen LogP contribution >= 0.6 is 0 Å². The molecule has 0 spiro atoms. The van der Waals surface area contributed by atoms with Gasteiger partial charge in [-0.1, -0.05) is 30.3 Å². The Hall–Kier alpha value is -3.07. The Labute approximate surface area is 139 Å². The molecule has 5 rings (SSSR count). The minimum atomic E-state index is 0.935. The van der Waals surface area contributed by atoms with Crippen molar-refractivity contribution < 1.29 is 9.10 Å². The smallest absolute Gasteiger partial charge is 0.194 e. The third kappa shape index (κ3) is 1.69. The van der Waals surface area contributed by atoms with Gasteiger partial charge in [-0.05, 0) is 36.8 Å². The fraction of sp³-hybridized carbons (Fsp3) is 0.0952. The van der Waals surface area contributed by atoms with Gasteiger partial charge in [-0.15, -0.1) is 9.20 Å². The van der Waals surface area contributed by atoms with E-state index in [1.54, 1.807) is 0 Å². The van der Waals surface area contributed by atoms with E-state index in [9.17, 15) is 0 Å². The highest BCUT2D eigenvalue weighted by atomic mass is 16.3. The maximum absolute atomic E-state index is 6.25. The average molecular weight is 313 g/mol. The lowest BCUT2D eigenvalue weighted by Crippen LogP contribution is -2.36. The lowest BCUT2D eigenvalue weighted by molar-refractivity contribution is -0.739. The normalized spacial score (nSPS) is 11.8. The minimum absolute atomic E-state index is 0.935. The maximum Gasteiger partial charge on any atom is 0.194 e. The molecule has 0 aliphatic heterocycles. The Bertz CT molecular complexity index is 1230. The van der Waals surface area contributed by atoms with Gasteiger partial charge in [-0.2, -0.15) is 0 Å². The molecule has 0 unspecified atom stereocenters. The number of rotatable bonds is 1. The van der Waals surface area contributed by atoms with E-state index < -0.39 is 0 Å². The van der Waals surface area contributed by atoms with E-state index >= 15 is 0 Å². The van der Waals surface area contributed by atoms with Crippen molar-refractivity contribution >= 4 is 27.5 Å². The molecule has 0 saturated heterocycles. The molecule has 2 aromatic carbocycles. The van der Waals surface area contributed by atoms with Crippen LogP contribution < -0.4 is 4.68 Å². The molecule has 0 N–H and O–H groups in total.